The van der Waals surface area contributed by atoms with Gasteiger partial charge in [0.05, 0.1) is 35.5 Å². The highest BCUT2D eigenvalue weighted by atomic mass is 16.3. The molecule has 4 aromatic rings. The van der Waals surface area contributed by atoms with Crippen molar-refractivity contribution in [3.63, 3.8) is 0 Å². The molecule has 0 saturated heterocycles. The van der Waals surface area contributed by atoms with Gasteiger partial charge in [-0.05, 0) is 29.8 Å². The first-order valence-corrected chi connectivity index (χ1v) is 8.39. The Morgan fingerprint density at radius 3 is 2.78 bits per heavy atom. The number of nitrogens with one attached hydrogen (secondary N) is 1. The highest BCUT2D eigenvalue weighted by Crippen LogP contribution is 2.17. The third-order valence-corrected chi connectivity index (χ3v) is 4.18. The summed E-state index contributed by atoms with van der Waals surface area (Å²) < 4.78 is 6.34. The lowest BCUT2D eigenvalue weighted by molar-refractivity contribution is -0.121. The van der Waals surface area contributed by atoms with Crippen LogP contribution < -0.4 is 10.9 Å². The van der Waals surface area contributed by atoms with E-state index in [9.17, 15) is 9.59 Å². The minimum Gasteiger partial charge on any atom is -0.472 e. The molecule has 1 N–H and O–H groups in total. The number of hydrogen-bond acceptors (Lipinski definition) is 5. The molecule has 1 amide bonds. The monoisotopic (exact) mass is 360 g/mol. The third-order valence-electron chi connectivity index (χ3n) is 4.18. The van der Waals surface area contributed by atoms with Crippen LogP contribution in [0.2, 0.25) is 0 Å². The summed E-state index contributed by atoms with van der Waals surface area (Å²) in [5, 5.41) is 3.28. The number of aromatic nitrogens is 3. The molecule has 0 aliphatic carbocycles. The van der Waals surface area contributed by atoms with E-state index < -0.39 is 0 Å². The van der Waals surface area contributed by atoms with E-state index in [0.717, 1.165) is 16.8 Å². The Balaban J connectivity index is 1.40. The number of hydrogen-bond donors (Lipinski definition) is 1. The molecule has 0 aliphatic rings. The molecule has 3 heterocycles. The first-order valence-electron chi connectivity index (χ1n) is 8.39. The van der Waals surface area contributed by atoms with Gasteiger partial charge in [-0.2, -0.15) is 0 Å². The number of amides is 1. The van der Waals surface area contributed by atoms with E-state index in [1.165, 1.54) is 10.9 Å². The fourth-order valence-corrected chi connectivity index (χ4v) is 2.74. The van der Waals surface area contributed by atoms with Gasteiger partial charge in [0.2, 0.25) is 5.91 Å². The molecule has 0 aliphatic heterocycles. The molecule has 3 aromatic heterocycles. The number of para-hydroxylation sites is 1. The first-order chi connectivity index (χ1) is 13.2. The lowest BCUT2D eigenvalue weighted by Crippen LogP contribution is -2.32. The molecule has 134 valence electrons. The maximum Gasteiger partial charge on any atom is 0.261 e. The van der Waals surface area contributed by atoms with Gasteiger partial charge in [0.1, 0.15) is 6.54 Å². The summed E-state index contributed by atoms with van der Waals surface area (Å²) >= 11 is 0. The molecule has 1 aromatic carbocycles. The normalized spacial score (nSPS) is 10.8. The Labute approximate surface area is 154 Å². The van der Waals surface area contributed by atoms with E-state index in [0.29, 0.717) is 17.4 Å². The zero-order valence-electron chi connectivity index (χ0n) is 14.3. The lowest BCUT2D eigenvalue weighted by atomic mass is 10.2. The summed E-state index contributed by atoms with van der Waals surface area (Å²) in [6.45, 7) is 0.241. The van der Waals surface area contributed by atoms with Crippen molar-refractivity contribution >= 4 is 16.8 Å². The minimum atomic E-state index is -0.270. The maximum absolute atomic E-state index is 12.4. The second-order valence-electron chi connectivity index (χ2n) is 6.04. The van der Waals surface area contributed by atoms with Gasteiger partial charge in [-0.3, -0.25) is 19.1 Å². The van der Waals surface area contributed by atoms with Crippen molar-refractivity contribution in [2.45, 2.75) is 13.1 Å². The van der Waals surface area contributed by atoms with Crippen LogP contribution in [0.25, 0.3) is 22.2 Å². The standard InChI is InChI=1S/C20H16N4O3/c25-19(11-24-13-23-18-4-2-1-3-16(18)20(24)26)22-10-14-5-6-17(21-9-14)15-7-8-27-12-15/h1-9,12-13H,10-11H2,(H,22,25). The number of furan rings is 1. The number of rotatable bonds is 5. The SMILES string of the molecule is O=C(Cn1cnc2ccccc2c1=O)NCc1ccc(-c2ccoc2)nc1. The van der Waals surface area contributed by atoms with Gasteiger partial charge in [0.15, 0.2) is 0 Å². The van der Waals surface area contributed by atoms with Crippen molar-refractivity contribution in [1.82, 2.24) is 19.9 Å². The molecule has 0 fully saturated rings. The predicted octanol–water partition coefficient (Wildman–Crippen LogP) is 2.37. The summed E-state index contributed by atoms with van der Waals surface area (Å²) in [5.74, 6) is -0.270. The smallest absolute Gasteiger partial charge is 0.261 e. The van der Waals surface area contributed by atoms with E-state index in [2.05, 4.69) is 15.3 Å². The van der Waals surface area contributed by atoms with E-state index in [4.69, 9.17) is 4.42 Å². The van der Waals surface area contributed by atoms with Crippen LogP contribution in [0, 0.1) is 0 Å². The second-order valence-corrected chi connectivity index (χ2v) is 6.04. The third kappa shape index (κ3) is 3.62. The number of carbonyl (C=O) groups excluding carboxylic acids is 1. The van der Waals surface area contributed by atoms with Crippen LogP contribution in [-0.2, 0) is 17.9 Å². The second kappa shape index (κ2) is 7.25. The highest BCUT2D eigenvalue weighted by Gasteiger charge is 2.08. The number of nitrogens with zero attached hydrogens (tertiary/aromatic N) is 3. The van der Waals surface area contributed by atoms with Crippen molar-refractivity contribution in [3.8, 4) is 11.3 Å². The highest BCUT2D eigenvalue weighted by molar-refractivity contribution is 5.78. The lowest BCUT2D eigenvalue weighted by Gasteiger charge is -2.08. The fourth-order valence-electron chi connectivity index (χ4n) is 2.74. The Morgan fingerprint density at radius 1 is 1.11 bits per heavy atom. The average molecular weight is 360 g/mol. The maximum atomic E-state index is 12.4. The summed E-state index contributed by atoms with van der Waals surface area (Å²) in [4.78, 5) is 33.2. The van der Waals surface area contributed by atoms with Crippen molar-refractivity contribution < 1.29 is 9.21 Å². The molecule has 0 saturated carbocycles. The average Bonchev–Trinajstić information content (AvgIpc) is 3.24. The molecule has 0 unspecified atom stereocenters. The van der Waals surface area contributed by atoms with Crippen molar-refractivity contribution in [2.75, 3.05) is 0 Å². The number of carbonyl (C=O) groups is 1. The summed E-state index contributed by atoms with van der Waals surface area (Å²) in [6.07, 6.45) is 6.31. The van der Waals surface area contributed by atoms with Gasteiger partial charge in [-0.1, -0.05) is 18.2 Å². The van der Waals surface area contributed by atoms with Gasteiger partial charge in [0, 0.05) is 18.3 Å². The fraction of sp³-hybridized carbons (Fsp3) is 0.100. The van der Waals surface area contributed by atoms with Crippen LogP contribution in [0.3, 0.4) is 0 Å². The van der Waals surface area contributed by atoms with Gasteiger partial charge in [0.25, 0.3) is 5.56 Å². The minimum absolute atomic E-state index is 0.0861. The van der Waals surface area contributed by atoms with Crippen LogP contribution >= 0.6 is 0 Å². The van der Waals surface area contributed by atoms with E-state index in [1.54, 1.807) is 36.9 Å². The molecule has 27 heavy (non-hydrogen) atoms. The van der Waals surface area contributed by atoms with Crippen LogP contribution in [0.15, 0.2) is 76.7 Å². The van der Waals surface area contributed by atoms with Crippen LogP contribution in [-0.4, -0.2) is 20.4 Å². The number of pyridine rings is 1. The van der Waals surface area contributed by atoms with Crippen LogP contribution in [0.4, 0.5) is 0 Å². The predicted molar refractivity (Wildman–Crippen MR) is 99.8 cm³/mol. The van der Waals surface area contributed by atoms with Gasteiger partial charge in [-0.25, -0.2) is 4.98 Å². The molecular formula is C20H16N4O3. The molecule has 7 heteroatoms. The molecule has 4 rings (SSSR count). The topological polar surface area (TPSA) is 90.0 Å². The van der Waals surface area contributed by atoms with E-state index >= 15 is 0 Å². The van der Waals surface area contributed by atoms with E-state index in [1.807, 2.05) is 24.3 Å². The largest absolute Gasteiger partial charge is 0.472 e. The Morgan fingerprint density at radius 2 is 2.00 bits per heavy atom. The number of benzene rings is 1. The Bertz CT molecular complexity index is 1130. The molecular weight excluding hydrogens is 344 g/mol. The van der Waals surface area contributed by atoms with Crippen LogP contribution in [0.1, 0.15) is 5.56 Å². The van der Waals surface area contributed by atoms with E-state index in [-0.39, 0.29) is 18.0 Å². The van der Waals surface area contributed by atoms with Gasteiger partial charge in [-0.15, -0.1) is 0 Å². The van der Waals surface area contributed by atoms with Crippen molar-refractivity contribution in [2.24, 2.45) is 0 Å². The summed E-state index contributed by atoms with van der Waals surface area (Å²) in [6, 6.07) is 12.6. The first kappa shape index (κ1) is 16.7. The zero-order valence-corrected chi connectivity index (χ0v) is 14.3. The Kier molecular flexibility index (Phi) is 4.49. The van der Waals surface area contributed by atoms with Gasteiger partial charge < -0.3 is 9.73 Å². The zero-order chi connectivity index (χ0) is 18.6. The summed E-state index contributed by atoms with van der Waals surface area (Å²) in [7, 11) is 0. The Hall–Kier alpha value is -3.74. The summed E-state index contributed by atoms with van der Waals surface area (Å²) in [5.41, 5.74) is 2.94. The molecule has 0 radical (unpaired) electrons. The van der Waals surface area contributed by atoms with Gasteiger partial charge >= 0.3 is 0 Å². The van der Waals surface area contributed by atoms with Crippen LogP contribution in [0.5, 0.6) is 0 Å². The van der Waals surface area contributed by atoms with Crippen molar-refractivity contribution in [3.05, 3.63) is 83.4 Å². The molecule has 0 atom stereocenters. The molecule has 7 nitrogen and oxygen atoms in total. The molecule has 0 spiro atoms. The molecule has 0 bridgehead atoms. The van der Waals surface area contributed by atoms with Crippen molar-refractivity contribution in [1.29, 1.82) is 0 Å². The number of fused-ring (bicyclic) bond motifs is 1. The quantitative estimate of drug-likeness (QED) is 0.590.